The van der Waals surface area contributed by atoms with Gasteiger partial charge in [0.25, 0.3) is 0 Å². The predicted molar refractivity (Wildman–Crippen MR) is 117 cm³/mol. The predicted octanol–water partition coefficient (Wildman–Crippen LogP) is 1.41. The molecule has 0 aliphatic carbocycles. The number of piperidine rings is 1. The van der Waals surface area contributed by atoms with Crippen molar-refractivity contribution in [1.82, 2.24) is 19.5 Å². The molecular formula is C21H22N8O2. The van der Waals surface area contributed by atoms with Crippen LogP contribution in [0.25, 0.3) is 11.0 Å². The summed E-state index contributed by atoms with van der Waals surface area (Å²) in [4.78, 5) is 26.6. The van der Waals surface area contributed by atoms with Gasteiger partial charge in [-0.25, -0.2) is 15.0 Å². The Bertz CT molecular complexity index is 1160. The van der Waals surface area contributed by atoms with Gasteiger partial charge < -0.3 is 25.2 Å². The Morgan fingerprint density at radius 1 is 1.35 bits per heavy atom. The second kappa shape index (κ2) is 8.41. The Balaban J connectivity index is 1.55. The normalized spacial score (nSPS) is 18.4. The van der Waals surface area contributed by atoms with E-state index in [0.29, 0.717) is 42.7 Å². The van der Waals surface area contributed by atoms with Crippen LogP contribution in [0, 0.1) is 11.3 Å². The number of benzene rings is 1. The third kappa shape index (κ3) is 4.31. The van der Waals surface area contributed by atoms with Crippen molar-refractivity contribution >= 4 is 34.5 Å². The number of aliphatic hydroxyl groups excluding tert-OH is 1. The van der Waals surface area contributed by atoms with Crippen molar-refractivity contribution in [2.75, 3.05) is 28.6 Å². The molecule has 3 N–H and O–H groups in total. The lowest BCUT2D eigenvalue weighted by atomic mass is 10.0. The number of aromatic nitrogens is 4. The van der Waals surface area contributed by atoms with Gasteiger partial charge in [0.2, 0.25) is 17.8 Å². The molecule has 0 bridgehead atoms. The van der Waals surface area contributed by atoms with Gasteiger partial charge in [-0.05, 0) is 30.7 Å². The summed E-state index contributed by atoms with van der Waals surface area (Å²) in [5.41, 5.74) is 2.67. The molecule has 10 heteroatoms. The zero-order valence-electron chi connectivity index (χ0n) is 17.0. The zero-order valence-corrected chi connectivity index (χ0v) is 17.0. The highest BCUT2D eigenvalue weighted by molar-refractivity contribution is 6.00. The van der Waals surface area contributed by atoms with E-state index in [2.05, 4.69) is 27.2 Å². The standard InChI is InChI=1S/C21H22N8O2/c1-3-19(31)25-14-4-5-18-17(7-14)27-21(28(18)2)29-11-15(6-16(30)12-29)26-20-23-9-13(8-22)10-24-20/h3-5,7,9-10,15-16,30H,1,6,11-12H2,2H3,(H,25,31)(H,23,24,26)/t15-,16-/m1/s1. The van der Waals surface area contributed by atoms with Gasteiger partial charge in [-0.1, -0.05) is 6.58 Å². The number of hydrogen-bond donors (Lipinski definition) is 3. The fraction of sp³-hybridized carbons (Fsp3) is 0.286. The molecule has 31 heavy (non-hydrogen) atoms. The maximum absolute atomic E-state index is 11.6. The van der Waals surface area contributed by atoms with Gasteiger partial charge in [-0.3, -0.25) is 4.79 Å². The Labute approximate surface area is 178 Å². The minimum Gasteiger partial charge on any atom is -0.391 e. The summed E-state index contributed by atoms with van der Waals surface area (Å²) in [7, 11) is 1.92. The van der Waals surface area contributed by atoms with E-state index in [1.54, 1.807) is 6.07 Å². The number of rotatable bonds is 5. The van der Waals surface area contributed by atoms with Crippen LogP contribution in [0.1, 0.15) is 12.0 Å². The van der Waals surface area contributed by atoms with Crippen molar-refractivity contribution in [3.63, 3.8) is 0 Å². The molecule has 2 aromatic heterocycles. The number of aliphatic hydroxyl groups is 1. The number of hydrogen-bond acceptors (Lipinski definition) is 8. The topological polar surface area (TPSA) is 132 Å². The molecule has 0 saturated carbocycles. The molecule has 4 rings (SSSR count). The summed E-state index contributed by atoms with van der Waals surface area (Å²) in [6.07, 6.45) is 4.13. The maximum atomic E-state index is 11.6. The molecule has 10 nitrogen and oxygen atoms in total. The first-order valence-electron chi connectivity index (χ1n) is 9.78. The van der Waals surface area contributed by atoms with Crippen LogP contribution in [0.15, 0.2) is 43.2 Å². The Morgan fingerprint density at radius 2 is 2.13 bits per heavy atom. The SMILES string of the molecule is C=CC(=O)Nc1ccc2c(c1)nc(N1C[C@H](O)C[C@@H](Nc3ncc(C#N)cn3)C1)n2C. The van der Waals surface area contributed by atoms with E-state index in [0.717, 1.165) is 11.0 Å². The van der Waals surface area contributed by atoms with Crippen LogP contribution in [0.2, 0.25) is 0 Å². The Kier molecular flexibility index (Phi) is 5.51. The molecule has 2 atom stereocenters. The molecule has 1 fully saturated rings. The fourth-order valence-electron chi connectivity index (χ4n) is 3.72. The molecule has 1 amide bonds. The number of β-amino-alcohol motifs (C(OH)–C–C–N with tert-alkyl or cyclic N) is 1. The van der Waals surface area contributed by atoms with Crippen LogP contribution in [0.5, 0.6) is 0 Å². The van der Waals surface area contributed by atoms with E-state index in [9.17, 15) is 9.90 Å². The Hall–Kier alpha value is -3.97. The fourth-order valence-corrected chi connectivity index (χ4v) is 3.72. The minimum atomic E-state index is -0.549. The maximum Gasteiger partial charge on any atom is 0.247 e. The molecule has 3 aromatic rings. The van der Waals surface area contributed by atoms with Gasteiger partial charge in [-0.2, -0.15) is 5.26 Å². The molecule has 0 spiro atoms. The molecule has 158 valence electrons. The molecule has 1 aliphatic heterocycles. The van der Waals surface area contributed by atoms with Gasteiger partial charge in [0.1, 0.15) is 6.07 Å². The number of imidazole rings is 1. The lowest BCUT2D eigenvalue weighted by Crippen LogP contribution is -2.49. The molecule has 1 saturated heterocycles. The highest BCUT2D eigenvalue weighted by Gasteiger charge is 2.29. The van der Waals surface area contributed by atoms with Gasteiger partial charge in [0.15, 0.2) is 0 Å². The number of carbonyl (C=O) groups is 1. The van der Waals surface area contributed by atoms with Gasteiger partial charge in [0.05, 0.1) is 35.1 Å². The van der Waals surface area contributed by atoms with Crippen molar-refractivity contribution in [2.45, 2.75) is 18.6 Å². The highest BCUT2D eigenvalue weighted by Crippen LogP contribution is 2.27. The summed E-state index contributed by atoms with van der Waals surface area (Å²) in [6, 6.07) is 7.40. The van der Waals surface area contributed by atoms with Crippen LogP contribution in [-0.4, -0.2) is 55.8 Å². The molecular weight excluding hydrogens is 396 g/mol. The van der Waals surface area contributed by atoms with Crippen LogP contribution in [0.4, 0.5) is 17.6 Å². The van der Waals surface area contributed by atoms with E-state index < -0.39 is 6.10 Å². The van der Waals surface area contributed by atoms with E-state index in [1.165, 1.54) is 18.5 Å². The number of nitriles is 1. The van der Waals surface area contributed by atoms with Crippen molar-refractivity contribution in [3.05, 3.63) is 48.8 Å². The number of carbonyl (C=O) groups excluding carboxylic acids is 1. The van der Waals surface area contributed by atoms with E-state index in [-0.39, 0.29) is 11.9 Å². The van der Waals surface area contributed by atoms with E-state index >= 15 is 0 Å². The number of nitrogens with zero attached hydrogens (tertiary/aromatic N) is 6. The molecule has 1 aromatic carbocycles. The number of anilines is 3. The molecule has 3 heterocycles. The third-order valence-corrected chi connectivity index (χ3v) is 5.14. The molecule has 1 aliphatic rings. The largest absolute Gasteiger partial charge is 0.391 e. The number of aryl methyl sites for hydroxylation is 1. The van der Waals surface area contributed by atoms with Crippen molar-refractivity contribution in [3.8, 4) is 6.07 Å². The lowest BCUT2D eigenvalue weighted by Gasteiger charge is -2.36. The monoisotopic (exact) mass is 418 g/mol. The van der Waals surface area contributed by atoms with E-state index in [1.807, 2.05) is 34.7 Å². The third-order valence-electron chi connectivity index (χ3n) is 5.14. The number of nitrogens with one attached hydrogen (secondary N) is 2. The van der Waals surface area contributed by atoms with Gasteiger partial charge >= 0.3 is 0 Å². The van der Waals surface area contributed by atoms with Crippen LogP contribution in [-0.2, 0) is 11.8 Å². The zero-order chi connectivity index (χ0) is 22.0. The first-order valence-corrected chi connectivity index (χ1v) is 9.78. The van der Waals surface area contributed by atoms with Crippen molar-refractivity contribution in [2.24, 2.45) is 7.05 Å². The summed E-state index contributed by atoms with van der Waals surface area (Å²) < 4.78 is 1.96. The minimum absolute atomic E-state index is 0.0982. The average Bonchev–Trinajstić information content (AvgIpc) is 3.09. The average molecular weight is 418 g/mol. The molecule has 0 unspecified atom stereocenters. The summed E-state index contributed by atoms with van der Waals surface area (Å²) in [5, 5.41) is 25.3. The second-order valence-corrected chi connectivity index (χ2v) is 7.41. The molecule has 0 radical (unpaired) electrons. The smallest absolute Gasteiger partial charge is 0.247 e. The van der Waals surface area contributed by atoms with Crippen molar-refractivity contribution in [1.29, 1.82) is 5.26 Å². The van der Waals surface area contributed by atoms with Crippen LogP contribution >= 0.6 is 0 Å². The van der Waals surface area contributed by atoms with Crippen LogP contribution < -0.4 is 15.5 Å². The Morgan fingerprint density at radius 3 is 2.84 bits per heavy atom. The summed E-state index contributed by atoms with van der Waals surface area (Å²) in [6.45, 7) is 4.50. The quantitative estimate of drug-likeness (QED) is 0.530. The lowest BCUT2D eigenvalue weighted by molar-refractivity contribution is -0.111. The van der Waals surface area contributed by atoms with E-state index in [4.69, 9.17) is 10.2 Å². The highest BCUT2D eigenvalue weighted by atomic mass is 16.3. The summed E-state index contributed by atoms with van der Waals surface area (Å²) >= 11 is 0. The van der Waals surface area contributed by atoms with Gasteiger partial charge in [-0.15, -0.1) is 0 Å². The van der Waals surface area contributed by atoms with Crippen molar-refractivity contribution < 1.29 is 9.90 Å². The first-order chi connectivity index (χ1) is 15.0. The number of amides is 1. The summed E-state index contributed by atoms with van der Waals surface area (Å²) in [5.74, 6) is 0.841. The number of fused-ring (bicyclic) bond motifs is 1. The van der Waals surface area contributed by atoms with Crippen LogP contribution in [0.3, 0.4) is 0 Å². The first kappa shape index (κ1) is 20.3. The van der Waals surface area contributed by atoms with Gasteiger partial charge in [0, 0.05) is 31.9 Å². The second-order valence-electron chi connectivity index (χ2n) is 7.41.